The van der Waals surface area contributed by atoms with Crippen molar-refractivity contribution in [1.82, 2.24) is 0 Å². The molecule has 0 bridgehead atoms. The van der Waals surface area contributed by atoms with E-state index < -0.39 is 47.6 Å². The molecule has 1 atom stereocenters. The van der Waals surface area contributed by atoms with E-state index in [0.717, 1.165) is 6.92 Å². The zero-order valence-electron chi connectivity index (χ0n) is 12.7. The molecule has 1 unspecified atom stereocenters. The molecule has 0 radical (unpaired) electrons. The Morgan fingerprint density at radius 3 is 2.00 bits per heavy atom. The lowest BCUT2D eigenvalue weighted by Gasteiger charge is -2.31. The van der Waals surface area contributed by atoms with E-state index in [2.05, 4.69) is 9.47 Å². The van der Waals surface area contributed by atoms with Crippen molar-refractivity contribution < 1.29 is 41.7 Å². The highest BCUT2D eigenvalue weighted by molar-refractivity contribution is 5.90. The second-order valence-corrected chi connectivity index (χ2v) is 5.09. The summed E-state index contributed by atoms with van der Waals surface area (Å²) in [6.07, 6.45) is -6.59. The van der Waals surface area contributed by atoms with E-state index in [1.807, 2.05) is 0 Å². The summed E-state index contributed by atoms with van der Waals surface area (Å²) in [6, 6.07) is 0. The smallest absolute Gasteiger partial charge is 0.477 e. The van der Waals surface area contributed by atoms with Crippen molar-refractivity contribution in [3.63, 3.8) is 0 Å². The van der Waals surface area contributed by atoms with Crippen LogP contribution in [0.4, 0.5) is 13.2 Å². The molecule has 9 heteroatoms. The lowest BCUT2D eigenvalue weighted by Crippen LogP contribution is -2.51. The number of rotatable bonds is 5. The monoisotopic (exact) mass is 326 g/mol. The van der Waals surface area contributed by atoms with Crippen molar-refractivity contribution >= 4 is 11.9 Å². The Hall–Kier alpha value is -1.93. The molecular formula is C13H17F3O6. The Morgan fingerprint density at radius 2 is 1.64 bits per heavy atom. The highest BCUT2D eigenvalue weighted by atomic mass is 19.4. The molecule has 0 aromatic heterocycles. The van der Waals surface area contributed by atoms with Gasteiger partial charge in [-0.25, -0.2) is 4.79 Å². The molecular weight excluding hydrogens is 309 g/mol. The average Bonchev–Trinajstić information content (AvgIpc) is 2.52. The molecule has 0 aliphatic carbocycles. The van der Waals surface area contributed by atoms with Crippen molar-refractivity contribution in [3.05, 3.63) is 11.5 Å². The third-order valence-corrected chi connectivity index (χ3v) is 2.29. The SMILES string of the molecule is CC(=O)OC1(C(F)(F)F)OC(=O)C(OC(C)C)=C1OC(C)C. The van der Waals surface area contributed by atoms with Crippen molar-refractivity contribution in [2.75, 3.05) is 0 Å². The number of esters is 2. The maximum Gasteiger partial charge on any atom is 0.477 e. The number of carbonyl (C=O) groups excluding carboxylic acids is 2. The zero-order valence-corrected chi connectivity index (χ0v) is 12.7. The van der Waals surface area contributed by atoms with E-state index in [-0.39, 0.29) is 0 Å². The number of carbonyl (C=O) groups is 2. The van der Waals surface area contributed by atoms with Gasteiger partial charge in [-0.15, -0.1) is 0 Å². The third-order valence-electron chi connectivity index (χ3n) is 2.29. The summed E-state index contributed by atoms with van der Waals surface area (Å²) in [7, 11) is 0. The molecule has 0 spiro atoms. The van der Waals surface area contributed by atoms with Crippen LogP contribution in [0.1, 0.15) is 34.6 Å². The number of hydrogen-bond acceptors (Lipinski definition) is 6. The number of hydrogen-bond donors (Lipinski definition) is 0. The normalized spacial score (nSPS) is 22.2. The quantitative estimate of drug-likeness (QED) is 0.723. The number of alkyl halides is 3. The van der Waals surface area contributed by atoms with Crippen molar-refractivity contribution in [2.24, 2.45) is 0 Å². The van der Waals surface area contributed by atoms with Crippen molar-refractivity contribution in [1.29, 1.82) is 0 Å². The first-order valence-corrected chi connectivity index (χ1v) is 6.48. The molecule has 0 N–H and O–H groups in total. The third kappa shape index (κ3) is 3.45. The van der Waals surface area contributed by atoms with Crippen LogP contribution in [0.25, 0.3) is 0 Å². The van der Waals surface area contributed by atoms with Crippen LogP contribution < -0.4 is 0 Å². The van der Waals surface area contributed by atoms with Crippen LogP contribution in [0, 0.1) is 0 Å². The van der Waals surface area contributed by atoms with Crippen LogP contribution in [-0.4, -0.2) is 36.1 Å². The molecule has 0 saturated carbocycles. The fourth-order valence-electron chi connectivity index (χ4n) is 1.68. The van der Waals surface area contributed by atoms with E-state index >= 15 is 0 Å². The van der Waals surface area contributed by atoms with Crippen LogP contribution in [-0.2, 0) is 28.5 Å². The molecule has 0 fully saturated rings. The van der Waals surface area contributed by atoms with Crippen molar-refractivity contribution in [3.8, 4) is 0 Å². The minimum absolute atomic E-state index is 0.616. The number of halogens is 3. The predicted molar refractivity (Wildman–Crippen MR) is 66.1 cm³/mol. The van der Waals surface area contributed by atoms with Crippen LogP contribution in [0.5, 0.6) is 0 Å². The van der Waals surface area contributed by atoms with E-state index in [4.69, 9.17) is 9.47 Å². The Kier molecular flexibility index (Phi) is 4.99. The van der Waals surface area contributed by atoms with Crippen LogP contribution in [0.3, 0.4) is 0 Å². The minimum Gasteiger partial charge on any atom is -0.484 e. The minimum atomic E-state index is -5.24. The fourth-order valence-corrected chi connectivity index (χ4v) is 1.68. The standard InChI is InChI=1S/C13H17F3O6/c1-6(2)19-9-10(20-7(3)4)12(13(14,15)16,21-8(5)17)22-11(9)18/h6-7H,1-5H3. The highest BCUT2D eigenvalue weighted by Gasteiger charge is 2.72. The van der Waals surface area contributed by atoms with Gasteiger partial charge in [-0.1, -0.05) is 0 Å². The first kappa shape index (κ1) is 18.1. The molecule has 1 aliphatic heterocycles. The summed E-state index contributed by atoms with van der Waals surface area (Å²) in [6.45, 7) is 6.66. The molecule has 0 aromatic rings. The highest BCUT2D eigenvalue weighted by Crippen LogP contribution is 2.47. The fraction of sp³-hybridized carbons (Fsp3) is 0.692. The Bertz CT molecular complexity index is 494. The summed E-state index contributed by atoms with van der Waals surface area (Å²) >= 11 is 0. The molecule has 6 nitrogen and oxygen atoms in total. The summed E-state index contributed by atoms with van der Waals surface area (Å²) in [5.41, 5.74) is 0. The predicted octanol–water partition coefficient (Wildman–Crippen LogP) is 2.43. The molecule has 0 saturated heterocycles. The van der Waals surface area contributed by atoms with Gasteiger partial charge in [-0.3, -0.25) is 4.79 Å². The molecule has 22 heavy (non-hydrogen) atoms. The van der Waals surface area contributed by atoms with Gasteiger partial charge in [0.1, 0.15) is 0 Å². The Balaban J connectivity index is 3.50. The van der Waals surface area contributed by atoms with E-state index in [9.17, 15) is 22.8 Å². The van der Waals surface area contributed by atoms with Gasteiger partial charge in [-0.2, -0.15) is 13.2 Å². The summed E-state index contributed by atoms with van der Waals surface area (Å²) in [5, 5.41) is 0. The number of cyclic esters (lactones) is 1. The lowest BCUT2D eigenvalue weighted by molar-refractivity contribution is -0.341. The van der Waals surface area contributed by atoms with Crippen molar-refractivity contribution in [2.45, 2.75) is 58.8 Å². The van der Waals surface area contributed by atoms with Gasteiger partial charge in [-0.05, 0) is 27.7 Å². The van der Waals surface area contributed by atoms with Gasteiger partial charge >= 0.3 is 23.9 Å². The topological polar surface area (TPSA) is 71.1 Å². The van der Waals surface area contributed by atoms with Gasteiger partial charge in [0.25, 0.3) is 5.76 Å². The van der Waals surface area contributed by atoms with Crippen LogP contribution in [0.2, 0.25) is 0 Å². The Labute approximate surface area is 125 Å². The van der Waals surface area contributed by atoms with Gasteiger partial charge < -0.3 is 18.9 Å². The van der Waals surface area contributed by atoms with Gasteiger partial charge in [0, 0.05) is 6.92 Å². The molecule has 126 valence electrons. The maximum absolute atomic E-state index is 13.4. The van der Waals surface area contributed by atoms with Crippen LogP contribution in [0.15, 0.2) is 11.5 Å². The van der Waals surface area contributed by atoms with E-state index in [0.29, 0.717) is 0 Å². The molecule has 0 amide bonds. The maximum atomic E-state index is 13.4. The van der Waals surface area contributed by atoms with Gasteiger partial charge in [0.15, 0.2) is 0 Å². The molecule has 0 aromatic carbocycles. The van der Waals surface area contributed by atoms with Gasteiger partial charge in [0.05, 0.1) is 12.2 Å². The number of ether oxygens (including phenoxy) is 4. The lowest BCUT2D eigenvalue weighted by atomic mass is 10.2. The Morgan fingerprint density at radius 1 is 1.14 bits per heavy atom. The van der Waals surface area contributed by atoms with E-state index in [1.54, 1.807) is 0 Å². The largest absolute Gasteiger partial charge is 0.484 e. The average molecular weight is 326 g/mol. The van der Waals surface area contributed by atoms with Crippen LogP contribution >= 0.6 is 0 Å². The zero-order chi connectivity index (χ0) is 17.3. The first-order valence-electron chi connectivity index (χ1n) is 6.48. The van der Waals surface area contributed by atoms with E-state index in [1.165, 1.54) is 27.7 Å². The second kappa shape index (κ2) is 6.05. The summed E-state index contributed by atoms with van der Waals surface area (Å²) in [5.74, 6) is -8.11. The molecule has 1 rings (SSSR count). The van der Waals surface area contributed by atoms with Gasteiger partial charge in [0.2, 0.25) is 5.76 Å². The first-order chi connectivity index (χ1) is 9.90. The molecule has 1 heterocycles. The summed E-state index contributed by atoms with van der Waals surface area (Å²) < 4.78 is 59.0. The second-order valence-electron chi connectivity index (χ2n) is 5.09. The summed E-state index contributed by atoms with van der Waals surface area (Å²) in [4.78, 5) is 22.9. The molecule has 1 aliphatic rings.